The topological polar surface area (TPSA) is 46.5 Å². The van der Waals surface area contributed by atoms with Crippen LogP contribution < -0.4 is 0 Å². The first-order chi connectivity index (χ1) is 7.48. The average molecular weight is 246 g/mol. The van der Waals surface area contributed by atoms with Crippen LogP contribution in [0.25, 0.3) is 5.82 Å². The van der Waals surface area contributed by atoms with Crippen LogP contribution in [-0.2, 0) is 6.18 Å². The van der Waals surface area contributed by atoms with Crippen LogP contribution in [0.2, 0.25) is 0 Å². The van der Waals surface area contributed by atoms with Gasteiger partial charge in [-0.05, 0) is 12.1 Å². The lowest BCUT2D eigenvalue weighted by Gasteiger charge is -2.03. The number of nitrogens with one attached hydrogen (secondary N) is 1. The Kier molecular flexibility index (Phi) is 2.50. The summed E-state index contributed by atoms with van der Waals surface area (Å²) in [5.41, 5.74) is -0.914. The minimum atomic E-state index is -4.46. The maximum Gasteiger partial charge on any atom is 0.432 e. The zero-order valence-electron chi connectivity index (χ0n) is 7.69. The van der Waals surface area contributed by atoms with Crippen molar-refractivity contribution in [3.63, 3.8) is 0 Å². The number of aromatic nitrogens is 4. The van der Waals surface area contributed by atoms with E-state index in [0.29, 0.717) is 0 Å². The third-order valence-corrected chi connectivity index (χ3v) is 2.11. The maximum absolute atomic E-state index is 12.4. The van der Waals surface area contributed by atoms with E-state index >= 15 is 0 Å². The molecule has 0 fully saturated rings. The summed E-state index contributed by atoms with van der Waals surface area (Å²) in [6.07, 6.45) is -3.04. The summed E-state index contributed by atoms with van der Waals surface area (Å²) in [5, 5.41) is 9.33. The van der Waals surface area contributed by atoms with Gasteiger partial charge < -0.3 is 0 Å². The molecule has 0 aromatic carbocycles. The van der Waals surface area contributed by atoms with Crippen LogP contribution in [0.5, 0.6) is 0 Å². The summed E-state index contributed by atoms with van der Waals surface area (Å²) in [4.78, 5) is 0. The molecule has 0 amide bonds. The van der Waals surface area contributed by atoms with Crippen molar-refractivity contribution in [1.29, 1.82) is 0 Å². The Balaban J connectivity index is 2.53. The Hall–Kier alpha value is -1.70. The molecule has 0 aliphatic carbocycles. The molecule has 84 valence electrons. The van der Waals surface area contributed by atoms with Gasteiger partial charge in [-0.3, -0.25) is 5.10 Å². The fourth-order valence-electron chi connectivity index (χ4n) is 1.12. The van der Waals surface area contributed by atoms with E-state index in [2.05, 4.69) is 15.3 Å². The zero-order chi connectivity index (χ0) is 11.8. The Bertz CT molecular complexity index is 542. The quantitative estimate of drug-likeness (QED) is 0.785. The van der Waals surface area contributed by atoms with Crippen LogP contribution in [0.3, 0.4) is 0 Å². The van der Waals surface area contributed by atoms with Crippen molar-refractivity contribution in [1.82, 2.24) is 20.0 Å². The number of hydrogen-bond donors (Lipinski definition) is 1. The number of aromatic amines is 1. The molecule has 1 N–H and O–H groups in total. The van der Waals surface area contributed by atoms with E-state index in [0.717, 1.165) is 10.7 Å². The predicted octanol–water partition coefficient (Wildman–Crippen LogP) is 2.34. The molecule has 0 spiro atoms. The largest absolute Gasteiger partial charge is 0.432 e. The number of halogens is 3. The number of H-pyrrole nitrogens is 1. The van der Waals surface area contributed by atoms with Crippen molar-refractivity contribution in [3.05, 3.63) is 34.7 Å². The molecule has 2 rings (SSSR count). The molecular formula is C8H5F3N4S. The monoisotopic (exact) mass is 246 g/mol. The summed E-state index contributed by atoms with van der Waals surface area (Å²) in [6.45, 7) is 0. The van der Waals surface area contributed by atoms with E-state index in [9.17, 15) is 13.2 Å². The van der Waals surface area contributed by atoms with Gasteiger partial charge in [0.05, 0.1) is 0 Å². The Morgan fingerprint density at radius 1 is 1.38 bits per heavy atom. The predicted molar refractivity (Wildman–Crippen MR) is 51.5 cm³/mol. The first-order valence-electron chi connectivity index (χ1n) is 4.16. The van der Waals surface area contributed by atoms with Crippen LogP contribution in [-0.4, -0.2) is 20.0 Å². The smallest absolute Gasteiger partial charge is 0.287 e. The molecule has 0 bridgehead atoms. The molecule has 2 aromatic heterocycles. The molecule has 0 aliphatic rings. The van der Waals surface area contributed by atoms with Crippen molar-refractivity contribution < 1.29 is 13.2 Å². The van der Waals surface area contributed by atoms with E-state index < -0.39 is 11.9 Å². The summed E-state index contributed by atoms with van der Waals surface area (Å²) in [5.74, 6) is 0.211. The van der Waals surface area contributed by atoms with Crippen molar-refractivity contribution in [2.75, 3.05) is 0 Å². The zero-order valence-corrected chi connectivity index (χ0v) is 8.51. The molecule has 4 nitrogen and oxygen atoms in total. The van der Waals surface area contributed by atoms with Gasteiger partial charge in [0.2, 0.25) is 0 Å². The van der Waals surface area contributed by atoms with Gasteiger partial charge in [-0.2, -0.15) is 18.3 Å². The molecule has 0 aliphatic heterocycles. The van der Waals surface area contributed by atoms with Crippen LogP contribution in [0.4, 0.5) is 13.2 Å². The van der Waals surface area contributed by atoms with E-state index in [1.807, 2.05) is 0 Å². The van der Waals surface area contributed by atoms with Crippen molar-refractivity contribution in [2.24, 2.45) is 0 Å². The minimum absolute atomic E-state index is 0.00664. The minimum Gasteiger partial charge on any atom is -0.287 e. The molecule has 0 radical (unpaired) electrons. The van der Waals surface area contributed by atoms with Gasteiger partial charge in [-0.25, -0.2) is 4.68 Å². The SMILES string of the molecule is FC(F)(F)c1cc(=S)n(-c2cccnn2)[nH]1. The standard InChI is InChI=1S/C8H5F3N4S/c9-8(10,11)5-4-7(16)15(14-5)6-2-1-3-12-13-6/h1-4,14H. The first-order valence-corrected chi connectivity index (χ1v) is 4.56. The third-order valence-electron chi connectivity index (χ3n) is 1.81. The lowest BCUT2D eigenvalue weighted by molar-refractivity contribution is -0.141. The second-order valence-electron chi connectivity index (χ2n) is 2.92. The van der Waals surface area contributed by atoms with Gasteiger partial charge in [0.1, 0.15) is 10.3 Å². The number of nitrogens with zero attached hydrogens (tertiary/aromatic N) is 3. The Morgan fingerprint density at radius 2 is 2.12 bits per heavy atom. The second-order valence-corrected chi connectivity index (χ2v) is 3.34. The first kappa shape index (κ1) is 10.8. The highest BCUT2D eigenvalue weighted by molar-refractivity contribution is 7.71. The average Bonchev–Trinajstić information content (AvgIpc) is 2.61. The van der Waals surface area contributed by atoms with E-state index in [1.54, 1.807) is 6.07 Å². The molecule has 8 heteroatoms. The highest BCUT2D eigenvalue weighted by Crippen LogP contribution is 2.28. The lowest BCUT2D eigenvalue weighted by atomic mass is 10.4. The molecule has 0 saturated heterocycles. The summed E-state index contributed by atoms with van der Waals surface area (Å²) < 4.78 is 38.2. The normalized spacial score (nSPS) is 11.7. The van der Waals surface area contributed by atoms with Crippen molar-refractivity contribution in [3.8, 4) is 5.82 Å². The molecule has 2 aromatic rings. The summed E-state index contributed by atoms with van der Waals surface area (Å²) >= 11 is 4.79. The second kappa shape index (κ2) is 3.71. The third kappa shape index (κ3) is 1.96. The lowest BCUT2D eigenvalue weighted by Crippen LogP contribution is -2.08. The highest BCUT2D eigenvalue weighted by atomic mass is 32.1. The number of alkyl halides is 3. The molecule has 2 heterocycles. The van der Waals surface area contributed by atoms with Gasteiger partial charge in [0.15, 0.2) is 5.82 Å². The van der Waals surface area contributed by atoms with Gasteiger partial charge in [0.25, 0.3) is 0 Å². The van der Waals surface area contributed by atoms with Crippen LogP contribution in [0.15, 0.2) is 24.4 Å². The molecule has 0 saturated carbocycles. The van der Waals surface area contributed by atoms with E-state index in [4.69, 9.17) is 12.2 Å². The van der Waals surface area contributed by atoms with E-state index in [1.165, 1.54) is 12.3 Å². The summed E-state index contributed by atoms with van der Waals surface area (Å²) in [7, 11) is 0. The Morgan fingerprint density at radius 3 is 2.62 bits per heavy atom. The summed E-state index contributed by atoms with van der Waals surface area (Å²) in [6, 6.07) is 3.89. The van der Waals surface area contributed by atoms with E-state index in [-0.39, 0.29) is 10.5 Å². The molecular weight excluding hydrogens is 241 g/mol. The van der Waals surface area contributed by atoms with Gasteiger partial charge in [0, 0.05) is 12.3 Å². The Labute approximate surface area is 92.7 Å². The van der Waals surface area contributed by atoms with Gasteiger partial charge in [-0.15, -0.1) is 5.10 Å². The molecule has 16 heavy (non-hydrogen) atoms. The van der Waals surface area contributed by atoms with Gasteiger partial charge in [-0.1, -0.05) is 12.2 Å². The molecule has 0 atom stereocenters. The molecule has 0 unspecified atom stereocenters. The van der Waals surface area contributed by atoms with Crippen LogP contribution in [0.1, 0.15) is 5.69 Å². The number of rotatable bonds is 1. The van der Waals surface area contributed by atoms with Crippen molar-refractivity contribution in [2.45, 2.75) is 6.18 Å². The van der Waals surface area contributed by atoms with Gasteiger partial charge >= 0.3 is 6.18 Å². The van der Waals surface area contributed by atoms with Crippen molar-refractivity contribution >= 4 is 12.2 Å². The van der Waals surface area contributed by atoms with Crippen LogP contribution >= 0.6 is 12.2 Å². The number of hydrogen-bond acceptors (Lipinski definition) is 3. The highest BCUT2D eigenvalue weighted by Gasteiger charge is 2.33. The fraction of sp³-hybridized carbons (Fsp3) is 0.125. The fourth-order valence-corrected chi connectivity index (χ4v) is 1.38. The maximum atomic E-state index is 12.4. The van der Waals surface area contributed by atoms with Crippen LogP contribution in [0, 0.1) is 4.64 Å².